The second kappa shape index (κ2) is 4.43. The van der Waals surface area contributed by atoms with Crippen molar-refractivity contribution in [2.24, 2.45) is 0 Å². The molecule has 2 rings (SSSR count). The van der Waals surface area contributed by atoms with E-state index in [4.69, 9.17) is 9.47 Å². The summed E-state index contributed by atoms with van der Waals surface area (Å²) in [6.45, 7) is 3.60. The van der Waals surface area contributed by atoms with Gasteiger partial charge in [0.05, 0.1) is 19.3 Å². The molecule has 0 spiro atoms. The van der Waals surface area contributed by atoms with Gasteiger partial charge in [-0.05, 0) is 18.6 Å². The molecule has 2 atom stereocenters. The number of hydrogen-bond donors (Lipinski definition) is 0. The predicted molar refractivity (Wildman–Crippen MR) is 58.2 cm³/mol. The quantitative estimate of drug-likeness (QED) is 0.773. The molecule has 0 amide bonds. The normalized spacial score (nSPS) is 22.0. The van der Waals surface area contributed by atoms with E-state index < -0.39 is 0 Å². The van der Waals surface area contributed by atoms with Crippen LogP contribution in [0, 0.1) is 0 Å². The van der Waals surface area contributed by atoms with Gasteiger partial charge in [0.2, 0.25) is 0 Å². The Morgan fingerprint density at radius 1 is 1.57 bits per heavy atom. The van der Waals surface area contributed by atoms with E-state index in [9.17, 15) is 0 Å². The lowest BCUT2D eigenvalue weighted by Gasteiger charge is -2.13. The minimum Gasteiger partial charge on any atom is -0.371 e. The van der Waals surface area contributed by atoms with Gasteiger partial charge in [-0.3, -0.25) is 0 Å². The van der Waals surface area contributed by atoms with Gasteiger partial charge < -0.3 is 9.47 Å². The first kappa shape index (κ1) is 10.1. The summed E-state index contributed by atoms with van der Waals surface area (Å²) < 4.78 is 11.9. The summed E-state index contributed by atoms with van der Waals surface area (Å²) >= 11 is 3.51. The van der Waals surface area contributed by atoms with Crippen LogP contribution in [0.15, 0.2) is 28.7 Å². The monoisotopic (exact) mass is 256 g/mol. The van der Waals surface area contributed by atoms with E-state index in [1.807, 2.05) is 18.2 Å². The van der Waals surface area contributed by atoms with Crippen LogP contribution in [0.5, 0.6) is 0 Å². The Kier molecular flexibility index (Phi) is 3.21. The molecule has 1 aromatic rings. The Labute approximate surface area is 92.3 Å². The van der Waals surface area contributed by atoms with E-state index in [1.165, 1.54) is 5.56 Å². The first-order chi connectivity index (χ1) is 6.77. The average molecular weight is 257 g/mol. The molecule has 0 unspecified atom stereocenters. The molecule has 0 saturated carbocycles. The largest absolute Gasteiger partial charge is 0.371 e. The maximum Gasteiger partial charge on any atom is 0.104 e. The van der Waals surface area contributed by atoms with E-state index in [2.05, 4.69) is 28.9 Å². The van der Waals surface area contributed by atoms with Crippen LogP contribution in [0.4, 0.5) is 0 Å². The summed E-state index contributed by atoms with van der Waals surface area (Å²) in [4.78, 5) is 0. The molecule has 0 N–H and O–H groups in total. The predicted octanol–water partition coefficient (Wildman–Crippen LogP) is 2.93. The zero-order valence-corrected chi connectivity index (χ0v) is 9.66. The summed E-state index contributed by atoms with van der Waals surface area (Å²) in [6, 6.07) is 8.13. The Morgan fingerprint density at radius 2 is 2.29 bits per heavy atom. The first-order valence-electron chi connectivity index (χ1n) is 4.75. The SMILES string of the molecule is C[C@H](OC[C@H]1CO1)c1ccccc1Br. The fraction of sp³-hybridized carbons (Fsp3) is 0.455. The molecule has 0 aromatic heterocycles. The number of halogens is 1. The zero-order chi connectivity index (χ0) is 9.97. The Hall–Kier alpha value is -0.380. The molecule has 76 valence electrons. The van der Waals surface area contributed by atoms with Crippen LogP contribution in [0.25, 0.3) is 0 Å². The van der Waals surface area contributed by atoms with Gasteiger partial charge >= 0.3 is 0 Å². The Bertz CT molecular complexity index is 310. The van der Waals surface area contributed by atoms with Crippen LogP contribution >= 0.6 is 15.9 Å². The lowest BCUT2D eigenvalue weighted by atomic mass is 10.1. The molecule has 0 aliphatic carbocycles. The molecule has 2 nitrogen and oxygen atoms in total. The first-order valence-corrected chi connectivity index (χ1v) is 5.54. The van der Waals surface area contributed by atoms with E-state index in [1.54, 1.807) is 0 Å². The van der Waals surface area contributed by atoms with Gasteiger partial charge in [0, 0.05) is 4.47 Å². The van der Waals surface area contributed by atoms with E-state index >= 15 is 0 Å². The molecule has 1 fully saturated rings. The summed E-state index contributed by atoms with van der Waals surface area (Å²) in [5.74, 6) is 0. The molecule has 0 bridgehead atoms. The van der Waals surface area contributed by atoms with Crippen LogP contribution in [0.1, 0.15) is 18.6 Å². The van der Waals surface area contributed by atoms with Crippen molar-refractivity contribution in [3.05, 3.63) is 34.3 Å². The van der Waals surface area contributed by atoms with Gasteiger partial charge in [0.25, 0.3) is 0 Å². The second-order valence-corrected chi connectivity index (χ2v) is 4.31. The highest BCUT2D eigenvalue weighted by Gasteiger charge is 2.23. The van der Waals surface area contributed by atoms with Gasteiger partial charge in [0.1, 0.15) is 6.10 Å². The van der Waals surface area contributed by atoms with Crippen LogP contribution in [-0.2, 0) is 9.47 Å². The highest BCUT2D eigenvalue weighted by atomic mass is 79.9. The van der Waals surface area contributed by atoms with Crippen LogP contribution in [0.3, 0.4) is 0 Å². The van der Waals surface area contributed by atoms with Gasteiger partial charge in [-0.15, -0.1) is 0 Å². The van der Waals surface area contributed by atoms with Crippen molar-refractivity contribution in [1.29, 1.82) is 0 Å². The molecule has 1 aliphatic rings. The van der Waals surface area contributed by atoms with Crippen molar-refractivity contribution in [2.45, 2.75) is 19.1 Å². The van der Waals surface area contributed by atoms with Crippen molar-refractivity contribution in [1.82, 2.24) is 0 Å². The number of benzene rings is 1. The molecular formula is C11H13BrO2. The molecule has 1 aliphatic heterocycles. The van der Waals surface area contributed by atoms with Gasteiger partial charge in [-0.2, -0.15) is 0 Å². The van der Waals surface area contributed by atoms with Crippen LogP contribution in [0.2, 0.25) is 0 Å². The third-order valence-electron chi connectivity index (χ3n) is 2.28. The summed E-state index contributed by atoms with van der Waals surface area (Å²) in [7, 11) is 0. The molecule has 1 saturated heterocycles. The van der Waals surface area contributed by atoms with Crippen molar-refractivity contribution >= 4 is 15.9 Å². The lowest BCUT2D eigenvalue weighted by Crippen LogP contribution is -2.06. The smallest absolute Gasteiger partial charge is 0.104 e. The molecule has 14 heavy (non-hydrogen) atoms. The highest BCUT2D eigenvalue weighted by Crippen LogP contribution is 2.26. The summed E-state index contributed by atoms with van der Waals surface area (Å²) in [5.41, 5.74) is 1.19. The Morgan fingerprint density at radius 3 is 2.93 bits per heavy atom. The third kappa shape index (κ3) is 2.56. The standard InChI is InChI=1S/C11H13BrO2/c1-8(13-6-9-7-14-9)10-4-2-3-5-11(10)12/h2-5,8-9H,6-7H2,1H3/t8-,9-/m0/s1. The molecule has 1 aromatic carbocycles. The van der Waals surface area contributed by atoms with E-state index in [0.29, 0.717) is 12.7 Å². The molecule has 3 heteroatoms. The summed E-state index contributed by atoms with van der Waals surface area (Å²) in [5, 5.41) is 0. The zero-order valence-electron chi connectivity index (χ0n) is 8.07. The lowest BCUT2D eigenvalue weighted by molar-refractivity contribution is 0.0535. The average Bonchev–Trinajstić information content (AvgIpc) is 2.98. The van der Waals surface area contributed by atoms with Crippen molar-refractivity contribution in [3.8, 4) is 0 Å². The molecule has 0 radical (unpaired) electrons. The third-order valence-corrected chi connectivity index (χ3v) is 3.00. The summed E-state index contributed by atoms with van der Waals surface area (Å²) in [6.07, 6.45) is 0.453. The Balaban J connectivity index is 1.95. The van der Waals surface area contributed by atoms with E-state index in [0.717, 1.165) is 11.1 Å². The van der Waals surface area contributed by atoms with Crippen LogP contribution < -0.4 is 0 Å². The van der Waals surface area contributed by atoms with Crippen molar-refractivity contribution < 1.29 is 9.47 Å². The minimum atomic E-state index is 0.120. The van der Waals surface area contributed by atoms with Gasteiger partial charge in [-0.1, -0.05) is 34.1 Å². The number of epoxide rings is 1. The number of rotatable bonds is 4. The molecular weight excluding hydrogens is 244 g/mol. The van der Waals surface area contributed by atoms with Gasteiger partial charge in [0.15, 0.2) is 0 Å². The van der Waals surface area contributed by atoms with Gasteiger partial charge in [-0.25, -0.2) is 0 Å². The van der Waals surface area contributed by atoms with Crippen molar-refractivity contribution in [3.63, 3.8) is 0 Å². The van der Waals surface area contributed by atoms with Crippen molar-refractivity contribution in [2.75, 3.05) is 13.2 Å². The maximum absolute atomic E-state index is 5.68. The fourth-order valence-electron chi connectivity index (χ4n) is 1.31. The van der Waals surface area contributed by atoms with E-state index in [-0.39, 0.29) is 6.10 Å². The second-order valence-electron chi connectivity index (χ2n) is 3.45. The molecule has 1 heterocycles. The number of ether oxygens (including phenoxy) is 2. The fourth-order valence-corrected chi connectivity index (χ4v) is 1.92. The number of hydrogen-bond acceptors (Lipinski definition) is 2. The maximum atomic E-state index is 5.68. The minimum absolute atomic E-state index is 0.120. The topological polar surface area (TPSA) is 21.8 Å². The van der Waals surface area contributed by atoms with Crippen LogP contribution in [-0.4, -0.2) is 19.3 Å². The highest BCUT2D eigenvalue weighted by molar-refractivity contribution is 9.10.